The van der Waals surface area contributed by atoms with Crippen LogP contribution in [0.4, 0.5) is 0 Å². The quantitative estimate of drug-likeness (QED) is 0.764. The number of likely N-dealkylation sites (tertiary alicyclic amines) is 1. The highest BCUT2D eigenvalue weighted by molar-refractivity contribution is 5.90. The zero-order valence-corrected chi connectivity index (χ0v) is 14.9. The lowest BCUT2D eigenvalue weighted by molar-refractivity contribution is -0.121. The van der Waals surface area contributed by atoms with E-state index in [4.69, 9.17) is 0 Å². The van der Waals surface area contributed by atoms with Gasteiger partial charge < -0.3 is 5.32 Å². The summed E-state index contributed by atoms with van der Waals surface area (Å²) < 4.78 is 0. The van der Waals surface area contributed by atoms with Gasteiger partial charge in [0.2, 0.25) is 5.91 Å². The molecule has 1 aliphatic rings. The van der Waals surface area contributed by atoms with Crippen molar-refractivity contribution in [2.24, 2.45) is 0 Å². The summed E-state index contributed by atoms with van der Waals surface area (Å²) in [5.41, 5.74) is 2.43. The lowest BCUT2D eigenvalue weighted by atomic mass is 10.0. The first-order valence-corrected chi connectivity index (χ1v) is 9.30. The van der Waals surface area contributed by atoms with E-state index in [0.717, 1.165) is 31.6 Å². The van der Waals surface area contributed by atoms with Gasteiger partial charge in [-0.1, -0.05) is 72.8 Å². The standard InChI is InChI=1S/C23H24N2O/c26-23(15-20-11-6-10-19-9-4-5-12-22(19)20)24-21-13-14-25(17-21)16-18-7-2-1-3-8-18/h1-12,21H,13-17H2,(H,24,26). The SMILES string of the molecule is O=C(Cc1cccc2ccccc12)NC1CCN(Cc2ccccc2)C1. The van der Waals surface area contributed by atoms with Crippen LogP contribution in [0.25, 0.3) is 10.8 Å². The molecule has 1 fully saturated rings. The van der Waals surface area contributed by atoms with Crippen LogP contribution in [0.15, 0.2) is 72.8 Å². The minimum atomic E-state index is 0.118. The Balaban J connectivity index is 1.34. The van der Waals surface area contributed by atoms with Gasteiger partial charge in [0, 0.05) is 25.7 Å². The predicted octanol–water partition coefficient (Wildman–Crippen LogP) is 3.77. The maximum absolute atomic E-state index is 12.5. The normalized spacial score (nSPS) is 17.5. The summed E-state index contributed by atoms with van der Waals surface area (Å²) in [4.78, 5) is 15.0. The molecule has 0 radical (unpaired) electrons. The van der Waals surface area contributed by atoms with Crippen molar-refractivity contribution in [1.29, 1.82) is 0 Å². The largest absolute Gasteiger partial charge is 0.352 e. The van der Waals surface area contributed by atoms with E-state index < -0.39 is 0 Å². The molecule has 1 aliphatic heterocycles. The molecule has 3 heteroatoms. The van der Waals surface area contributed by atoms with Crippen molar-refractivity contribution in [3.63, 3.8) is 0 Å². The lowest BCUT2D eigenvalue weighted by Crippen LogP contribution is -2.37. The number of carbonyl (C=O) groups is 1. The third kappa shape index (κ3) is 3.94. The molecule has 3 aromatic carbocycles. The molecule has 1 atom stereocenters. The van der Waals surface area contributed by atoms with Gasteiger partial charge in [0.05, 0.1) is 6.42 Å². The van der Waals surface area contributed by atoms with Crippen LogP contribution in [0.2, 0.25) is 0 Å². The first-order valence-electron chi connectivity index (χ1n) is 9.30. The number of carbonyl (C=O) groups excluding carboxylic acids is 1. The molecule has 1 N–H and O–H groups in total. The molecule has 0 bridgehead atoms. The molecule has 4 rings (SSSR count). The molecule has 3 aromatic rings. The van der Waals surface area contributed by atoms with Crippen molar-refractivity contribution in [3.8, 4) is 0 Å². The molecule has 26 heavy (non-hydrogen) atoms. The van der Waals surface area contributed by atoms with Gasteiger partial charge in [-0.15, -0.1) is 0 Å². The molecule has 132 valence electrons. The predicted molar refractivity (Wildman–Crippen MR) is 106 cm³/mol. The Morgan fingerprint density at radius 3 is 2.62 bits per heavy atom. The summed E-state index contributed by atoms with van der Waals surface area (Å²) in [6.07, 6.45) is 1.46. The van der Waals surface area contributed by atoms with E-state index in [0.29, 0.717) is 6.42 Å². The average Bonchev–Trinajstić information content (AvgIpc) is 3.09. The van der Waals surface area contributed by atoms with E-state index in [9.17, 15) is 4.79 Å². The van der Waals surface area contributed by atoms with Gasteiger partial charge in [0.15, 0.2) is 0 Å². The third-order valence-corrected chi connectivity index (χ3v) is 5.12. The van der Waals surface area contributed by atoms with Crippen LogP contribution >= 0.6 is 0 Å². The monoisotopic (exact) mass is 344 g/mol. The van der Waals surface area contributed by atoms with Crippen molar-refractivity contribution < 1.29 is 4.79 Å². The number of benzene rings is 3. The molecule has 0 aromatic heterocycles. The van der Waals surface area contributed by atoms with Gasteiger partial charge in [-0.25, -0.2) is 0 Å². The zero-order valence-electron chi connectivity index (χ0n) is 14.9. The Morgan fingerprint density at radius 2 is 1.73 bits per heavy atom. The molecular formula is C23H24N2O. The molecule has 1 saturated heterocycles. The third-order valence-electron chi connectivity index (χ3n) is 5.12. The van der Waals surface area contributed by atoms with E-state index in [2.05, 4.69) is 58.7 Å². The van der Waals surface area contributed by atoms with Crippen molar-refractivity contribution in [3.05, 3.63) is 83.9 Å². The van der Waals surface area contributed by atoms with E-state index in [1.807, 2.05) is 24.3 Å². The average molecular weight is 344 g/mol. The Labute approximate surface area is 154 Å². The fourth-order valence-electron chi connectivity index (χ4n) is 3.83. The summed E-state index contributed by atoms with van der Waals surface area (Å²) in [5.74, 6) is 0.118. The smallest absolute Gasteiger partial charge is 0.224 e. The van der Waals surface area contributed by atoms with E-state index in [-0.39, 0.29) is 11.9 Å². The minimum Gasteiger partial charge on any atom is -0.352 e. The van der Waals surface area contributed by atoms with E-state index >= 15 is 0 Å². The summed E-state index contributed by atoms with van der Waals surface area (Å²) in [6.45, 7) is 2.92. The molecule has 0 saturated carbocycles. The van der Waals surface area contributed by atoms with Gasteiger partial charge in [0.1, 0.15) is 0 Å². The highest BCUT2D eigenvalue weighted by Gasteiger charge is 2.23. The number of nitrogens with zero attached hydrogens (tertiary/aromatic N) is 1. The van der Waals surface area contributed by atoms with Crippen LogP contribution < -0.4 is 5.32 Å². The van der Waals surface area contributed by atoms with Gasteiger partial charge >= 0.3 is 0 Å². The molecule has 0 aliphatic carbocycles. The van der Waals surface area contributed by atoms with Gasteiger partial charge in [-0.05, 0) is 28.3 Å². The van der Waals surface area contributed by atoms with Crippen molar-refractivity contribution in [1.82, 2.24) is 10.2 Å². The summed E-state index contributed by atoms with van der Waals surface area (Å²) in [5, 5.41) is 5.58. The number of hydrogen-bond acceptors (Lipinski definition) is 2. The van der Waals surface area contributed by atoms with Crippen LogP contribution in [0, 0.1) is 0 Å². The van der Waals surface area contributed by atoms with Crippen LogP contribution in [0.3, 0.4) is 0 Å². The number of amides is 1. The van der Waals surface area contributed by atoms with Gasteiger partial charge in [0.25, 0.3) is 0 Å². The molecule has 1 amide bonds. The summed E-state index contributed by atoms with van der Waals surface area (Å²) in [7, 11) is 0. The number of rotatable bonds is 5. The summed E-state index contributed by atoms with van der Waals surface area (Å²) >= 11 is 0. The second-order valence-corrected chi connectivity index (χ2v) is 7.09. The van der Waals surface area contributed by atoms with Crippen LogP contribution in [-0.4, -0.2) is 29.9 Å². The number of fused-ring (bicyclic) bond motifs is 1. The lowest BCUT2D eigenvalue weighted by Gasteiger charge is -2.17. The minimum absolute atomic E-state index is 0.118. The molecule has 1 unspecified atom stereocenters. The zero-order chi connectivity index (χ0) is 17.8. The van der Waals surface area contributed by atoms with Crippen molar-refractivity contribution >= 4 is 16.7 Å². The van der Waals surface area contributed by atoms with Crippen LogP contribution in [0.5, 0.6) is 0 Å². The second-order valence-electron chi connectivity index (χ2n) is 7.09. The van der Waals surface area contributed by atoms with Gasteiger partial charge in [-0.2, -0.15) is 0 Å². The van der Waals surface area contributed by atoms with Gasteiger partial charge in [-0.3, -0.25) is 9.69 Å². The van der Waals surface area contributed by atoms with E-state index in [1.54, 1.807) is 0 Å². The van der Waals surface area contributed by atoms with Crippen LogP contribution in [-0.2, 0) is 17.8 Å². The highest BCUT2D eigenvalue weighted by Crippen LogP contribution is 2.19. The second kappa shape index (κ2) is 7.71. The fraction of sp³-hybridized carbons (Fsp3) is 0.261. The first kappa shape index (κ1) is 16.8. The number of hydrogen-bond donors (Lipinski definition) is 1. The topological polar surface area (TPSA) is 32.3 Å². The van der Waals surface area contributed by atoms with Crippen molar-refractivity contribution in [2.75, 3.05) is 13.1 Å². The Kier molecular flexibility index (Phi) is 4.98. The first-order chi connectivity index (χ1) is 12.8. The molecule has 0 spiro atoms. The Bertz CT molecular complexity index is 886. The Hall–Kier alpha value is -2.65. The Morgan fingerprint density at radius 1 is 0.962 bits per heavy atom. The van der Waals surface area contributed by atoms with E-state index in [1.165, 1.54) is 16.3 Å². The number of nitrogens with one attached hydrogen (secondary N) is 1. The molecule has 3 nitrogen and oxygen atoms in total. The highest BCUT2D eigenvalue weighted by atomic mass is 16.1. The molecular weight excluding hydrogens is 320 g/mol. The summed E-state index contributed by atoms with van der Waals surface area (Å²) in [6, 6.07) is 25.2. The maximum Gasteiger partial charge on any atom is 0.224 e. The van der Waals surface area contributed by atoms with Crippen molar-refractivity contribution in [2.45, 2.75) is 25.4 Å². The maximum atomic E-state index is 12.5. The van der Waals surface area contributed by atoms with Crippen LogP contribution in [0.1, 0.15) is 17.5 Å². The fourth-order valence-corrected chi connectivity index (χ4v) is 3.83. The molecule has 1 heterocycles.